The number of carbonyl (C=O) groups excluding carboxylic acids is 1. The maximum absolute atomic E-state index is 12.7. The van der Waals surface area contributed by atoms with Crippen LogP contribution in [0.1, 0.15) is 22.2 Å². The molecule has 1 heterocycles. The monoisotopic (exact) mass is 382 g/mol. The SMILES string of the molecule is CCc1sc(=NC(=O)c2ccccc2OC)n(C)c1-c1ccc(OC)cc1. The normalized spacial score (nSPS) is 11.5. The fraction of sp³-hybridized carbons (Fsp3) is 0.238. The van der Waals surface area contributed by atoms with Crippen molar-refractivity contribution >= 4 is 17.2 Å². The lowest BCUT2D eigenvalue weighted by molar-refractivity contribution is 0.0995. The maximum atomic E-state index is 12.7. The van der Waals surface area contributed by atoms with Crippen LogP contribution in [0.3, 0.4) is 0 Å². The van der Waals surface area contributed by atoms with E-state index in [-0.39, 0.29) is 5.91 Å². The zero-order valence-corrected chi connectivity index (χ0v) is 16.7. The van der Waals surface area contributed by atoms with Gasteiger partial charge in [0.1, 0.15) is 11.5 Å². The van der Waals surface area contributed by atoms with Crippen LogP contribution in [-0.4, -0.2) is 24.7 Å². The molecule has 0 saturated carbocycles. The Morgan fingerprint density at radius 1 is 1.07 bits per heavy atom. The van der Waals surface area contributed by atoms with Gasteiger partial charge in [0.2, 0.25) is 0 Å². The van der Waals surface area contributed by atoms with Crippen molar-refractivity contribution in [2.75, 3.05) is 14.2 Å². The zero-order valence-electron chi connectivity index (χ0n) is 15.9. The van der Waals surface area contributed by atoms with E-state index in [0.717, 1.165) is 23.4 Å². The van der Waals surface area contributed by atoms with Gasteiger partial charge in [-0.05, 0) is 48.4 Å². The van der Waals surface area contributed by atoms with Crippen molar-refractivity contribution in [3.8, 4) is 22.8 Å². The lowest BCUT2D eigenvalue weighted by atomic mass is 10.1. The van der Waals surface area contributed by atoms with Gasteiger partial charge in [-0.2, -0.15) is 4.99 Å². The summed E-state index contributed by atoms with van der Waals surface area (Å²) >= 11 is 1.53. The molecule has 0 N–H and O–H groups in total. The minimum atomic E-state index is -0.312. The number of para-hydroxylation sites is 1. The third-order valence-corrected chi connectivity index (χ3v) is 5.60. The Kier molecular flexibility index (Phi) is 5.76. The number of methoxy groups -OCH3 is 2. The van der Waals surface area contributed by atoms with Crippen molar-refractivity contribution in [3.05, 3.63) is 63.8 Å². The molecule has 5 nitrogen and oxygen atoms in total. The van der Waals surface area contributed by atoms with E-state index >= 15 is 0 Å². The number of ether oxygens (including phenoxy) is 2. The molecule has 1 aromatic heterocycles. The van der Waals surface area contributed by atoms with Crippen LogP contribution < -0.4 is 14.3 Å². The van der Waals surface area contributed by atoms with Crippen LogP contribution in [0.25, 0.3) is 11.3 Å². The van der Waals surface area contributed by atoms with Crippen molar-refractivity contribution in [2.24, 2.45) is 12.0 Å². The summed E-state index contributed by atoms with van der Waals surface area (Å²) in [5.41, 5.74) is 2.59. The number of hydrogen-bond donors (Lipinski definition) is 0. The van der Waals surface area contributed by atoms with Crippen molar-refractivity contribution in [1.82, 2.24) is 4.57 Å². The van der Waals surface area contributed by atoms with E-state index in [2.05, 4.69) is 11.9 Å². The molecule has 140 valence electrons. The van der Waals surface area contributed by atoms with Gasteiger partial charge in [0, 0.05) is 11.9 Å². The molecular formula is C21H22N2O3S. The molecule has 0 spiro atoms. The first-order valence-corrected chi connectivity index (χ1v) is 9.45. The molecule has 0 aliphatic rings. The number of carbonyl (C=O) groups is 1. The highest BCUT2D eigenvalue weighted by Gasteiger charge is 2.15. The molecular weight excluding hydrogens is 360 g/mol. The molecule has 0 saturated heterocycles. The molecule has 2 aromatic carbocycles. The minimum Gasteiger partial charge on any atom is -0.497 e. The Hall–Kier alpha value is -2.86. The van der Waals surface area contributed by atoms with Gasteiger partial charge in [-0.1, -0.05) is 19.1 Å². The highest BCUT2D eigenvalue weighted by atomic mass is 32.1. The number of aryl methyl sites for hydroxylation is 1. The molecule has 27 heavy (non-hydrogen) atoms. The van der Waals surface area contributed by atoms with E-state index in [1.54, 1.807) is 32.4 Å². The molecule has 0 aliphatic heterocycles. The van der Waals surface area contributed by atoms with Gasteiger partial charge in [0.05, 0.1) is 25.5 Å². The van der Waals surface area contributed by atoms with E-state index in [1.165, 1.54) is 16.2 Å². The second-order valence-electron chi connectivity index (χ2n) is 5.91. The molecule has 0 aliphatic carbocycles. The Morgan fingerprint density at radius 3 is 2.41 bits per heavy atom. The number of amides is 1. The maximum Gasteiger partial charge on any atom is 0.283 e. The summed E-state index contributed by atoms with van der Waals surface area (Å²) in [6.07, 6.45) is 0.859. The predicted molar refractivity (Wildman–Crippen MR) is 108 cm³/mol. The summed E-state index contributed by atoms with van der Waals surface area (Å²) in [5.74, 6) is 1.02. The van der Waals surface area contributed by atoms with Crippen LogP contribution >= 0.6 is 11.3 Å². The standard InChI is InChI=1S/C21H22N2O3S/c1-5-18-19(14-10-12-15(25-3)13-11-14)23(2)21(27-18)22-20(24)16-8-6-7-9-17(16)26-4/h6-13H,5H2,1-4H3. The average Bonchev–Trinajstić information content (AvgIpc) is 3.03. The van der Waals surface area contributed by atoms with Gasteiger partial charge in [-0.3, -0.25) is 4.79 Å². The second-order valence-corrected chi connectivity index (χ2v) is 6.98. The third kappa shape index (κ3) is 3.80. The Morgan fingerprint density at radius 2 is 1.78 bits per heavy atom. The third-order valence-electron chi connectivity index (χ3n) is 4.32. The van der Waals surface area contributed by atoms with E-state index in [1.807, 2.05) is 41.9 Å². The summed E-state index contributed by atoms with van der Waals surface area (Å²) in [6, 6.07) is 15.0. The zero-order chi connectivity index (χ0) is 19.4. The Bertz CT molecular complexity index is 1020. The van der Waals surface area contributed by atoms with Crippen molar-refractivity contribution in [2.45, 2.75) is 13.3 Å². The van der Waals surface area contributed by atoms with Crippen molar-refractivity contribution < 1.29 is 14.3 Å². The van der Waals surface area contributed by atoms with Gasteiger partial charge in [-0.15, -0.1) is 11.3 Å². The predicted octanol–water partition coefficient (Wildman–Crippen LogP) is 4.07. The molecule has 0 radical (unpaired) electrons. The number of benzene rings is 2. The first kappa shape index (κ1) is 18.9. The fourth-order valence-corrected chi connectivity index (χ4v) is 3.99. The molecule has 0 fully saturated rings. The highest BCUT2D eigenvalue weighted by Crippen LogP contribution is 2.27. The fourth-order valence-electron chi connectivity index (χ4n) is 2.92. The van der Waals surface area contributed by atoms with Crippen LogP contribution in [0.2, 0.25) is 0 Å². The van der Waals surface area contributed by atoms with Gasteiger partial charge < -0.3 is 14.0 Å². The van der Waals surface area contributed by atoms with Crippen molar-refractivity contribution in [1.29, 1.82) is 0 Å². The molecule has 0 unspecified atom stereocenters. The van der Waals surface area contributed by atoms with E-state index in [9.17, 15) is 4.79 Å². The lowest BCUT2D eigenvalue weighted by Gasteiger charge is -2.07. The summed E-state index contributed by atoms with van der Waals surface area (Å²) in [5, 5.41) is 0. The smallest absolute Gasteiger partial charge is 0.283 e. The number of thiazole rings is 1. The number of rotatable bonds is 5. The molecule has 0 bridgehead atoms. The number of nitrogens with zero attached hydrogens (tertiary/aromatic N) is 2. The van der Waals surface area contributed by atoms with E-state index in [0.29, 0.717) is 16.1 Å². The Labute approximate surface area is 162 Å². The average molecular weight is 382 g/mol. The van der Waals surface area contributed by atoms with Crippen LogP contribution in [-0.2, 0) is 13.5 Å². The molecule has 3 rings (SSSR count). The summed E-state index contributed by atoms with van der Waals surface area (Å²) in [7, 11) is 5.13. The number of hydrogen-bond acceptors (Lipinski definition) is 4. The quantitative estimate of drug-likeness (QED) is 0.668. The van der Waals surface area contributed by atoms with Gasteiger partial charge in [-0.25, -0.2) is 0 Å². The van der Waals surface area contributed by atoms with Crippen LogP contribution in [0.4, 0.5) is 0 Å². The minimum absolute atomic E-state index is 0.312. The molecule has 3 aromatic rings. The largest absolute Gasteiger partial charge is 0.497 e. The molecule has 0 atom stereocenters. The van der Waals surface area contributed by atoms with Gasteiger partial charge in [0.25, 0.3) is 5.91 Å². The van der Waals surface area contributed by atoms with Crippen LogP contribution in [0.5, 0.6) is 11.5 Å². The van der Waals surface area contributed by atoms with E-state index < -0.39 is 0 Å². The van der Waals surface area contributed by atoms with Gasteiger partial charge in [0.15, 0.2) is 4.80 Å². The topological polar surface area (TPSA) is 52.8 Å². The summed E-state index contributed by atoms with van der Waals surface area (Å²) in [4.78, 5) is 18.9. The van der Waals surface area contributed by atoms with Crippen LogP contribution in [0.15, 0.2) is 53.5 Å². The first-order valence-electron chi connectivity index (χ1n) is 8.64. The number of aromatic nitrogens is 1. The summed E-state index contributed by atoms with van der Waals surface area (Å²) in [6.45, 7) is 2.10. The molecule has 1 amide bonds. The van der Waals surface area contributed by atoms with E-state index in [4.69, 9.17) is 9.47 Å². The van der Waals surface area contributed by atoms with Crippen LogP contribution in [0, 0.1) is 0 Å². The molecule has 6 heteroatoms. The highest BCUT2D eigenvalue weighted by molar-refractivity contribution is 7.09. The first-order chi connectivity index (χ1) is 13.1. The van der Waals surface area contributed by atoms with Crippen molar-refractivity contribution in [3.63, 3.8) is 0 Å². The summed E-state index contributed by atoms with van der Waals surface area (Å²) < 4.78 is 12.5. The van der Waals surface area contributed by atoms with Gasteiger partial charge >= 0.3 is 0 Å². The second kappa shape index (κ2) is 8.22. The Balaban J connectivity index is 2.08. The lowest BCUT2D eigenvalue weighted by Crippen LogP contribution is -2.14.